The van der Waals surface area contributed by atoms with Crippen molar-refractivity contribution in [2.24, 2.45) is 5.16 Å². The molecule has 6 heteroatoms. The molecule has 1 amide bonds. The lowest BCUT2D eigenvalue weighted by atomic mass is 10.1. The molecule has 0 heterocycles. The predicted molar refractivity (Wildman–Crippen MR) is 58.5 cm³/mol. The summed E-state index contributed by atoms with van der Waals surface area (Å²) in [4.78, 5) is 11.4. The van der Waals surface area contributed by atoms with Crippen LogP contribution in [0.15, 0.2) is 5.16 Å². The Morgan fingerprint density at radius 3 is 2.13 bits per heavy atom. The molecule has 2 N–H and O–H groups in total. The molecule has 0 fully saturated rings. The maximum Gasteiger partial charge on any atom is 0.408 e. The van der Waals surface area contributed by atoms with E-state index in [9.17, 15) is 4.79 Å². The Bertz CT molecular complexity index is 269. The number of nitrogens with zero attached hydrogens (tertiary/aromatic N) is 1. The van der Waals surface area contributed by atoms with Gasteiger partial charge in [-0.15, -0.1) is 0 Å². The third-order valence-corrected chi connectivity index (χ3v) is 1.97. The second-order valence-corrected chi connectivity index (χ2v) is 5.00. The van der Waals surface area contributed by atoms with Gasteiger partial charge in [0.25, 0.3) is 0 Å². The van der Waals surface area contributed by atoms with Crippen LogP contribution in [0.2, 0.25) is 0 Å². The quantitative estimate of drug-likeness (QED) is 0.439. The van der Waals surface area contributed by atoms with Gasteiger partial charge in [0.15, 0.2) is 5.17 Å². The summed E-state index contributed by atoms with van der Waals surface area (Å²) < 4.78 is 5.02. The smallest absolute Gasteiger partial charge is 0.408 e. The summed E-state index contributed by atoms with van der Waals surface area (Å²) in [6.45, 7) is 8.45. The molecule has 0 aliphatic rings. The normalized spacial score (nSPS) is 13.6. The zero-order valence-corrected chi connectivity index (χ0v) is 10.3. The number of rotatable bonds is 2. The second kappa shape index (κ2) is 4.70. The summed E-state index contributed by atoms with van der Waals surface area (Å²) in [6, 6.07) is 0. The maximum atomic E-state index is 11.4. The van der Waals surface area contributed by atoms with Crippen molar-refractivity contribution in [2.75, 3.05) is 0 Å². The summed E-state index contributed by atoms with van der Waals surface area (Å²) in [5.74, 6) is 0. The molecule has 0 saturated heterocycles. The lowest BCUT2D eigenvalue weighted by Gasteiger charge is -2.26. The van der Waals surface area contributed by atoms with Gasteiger partial charge in [-0.2, -0.15) is 0 Å². The van der Waals surface area contributed by atoms with Crippen LogP contribution in [0.1, 0.15) is 34.6 Å². The number of hydrogen-bond acceptors (Lipinski definition) is 4. The van der Waals surface area contributed by atoms with Crippen LogP contribution < -0.4 is 5.32 Å². The van der Waals surface area contributed by atoms with Gasteiger partial charge in [-0.05, 0) is 34.6 Å². The zero-order chi connectivity index (χ0) is 12.3. The van der Waals surface area contributed by atoms with Crippen LogP contribution in [-0.2, 0) is 4.74 Å². The van der Waals surface area contributed by atoms with Crippen molar-refractivity contribution in [3.05, 3.63) is 0 Å². The minimum Gasteiger partial charge on any atom is -0.444 e. The van der Waals surface area contributed by atoms with Crippen LogP contribution in [0, 0.1) is 0 Å². The Morgan fingerprint density at radius 2 is 1.80 bits per heavy atom. The topological polar surface area (TPSA) is 70.9 Å². The van der Waals surface area contributed by atoms with Crippen molar-refractivity contribution < 1.29 is 14.7 Å². The van der Waals surface area contributed by atoms with Crippen molar-refractivity contribution in [1.82, 2.24) is 5.32 Å². The molecule has 0 aromatic carbocycles. The summed E-state index contributed by atoms with van der Waals surface area (Å²) >= 11 is 5.60. The van der Waals surface area contributed by atoms with Crippen LogP contribution in [-0.4, -0.2) is 27.6 Å². The molecular weight excluding hydrogens is 220 g/mol. The van der Waals surface area contributed by atoms with E-state index in [-0.39, 0.29) is 5.17 Å². The largest absolute Gasteiger partial charge is 0.444 e. The molecule has 5 nitrogen and oxygen atoms in total. The third-order valence-electron chi connectivity index (χ3n) is 1.42. The van der Waals surface area contributed by atoms with Gasteiger partial charge in [0, 0.05) is 0 Å². The highest BCUT2D eigenvalue weighted by Gasteiger charge is 2.29. The fraction of sp³-hybridized carbons (Fsp3) is 0.778. The summed E-state index contributed by atoms with van der Waals surface area (Å²) in [5, 5.41) is 13.7. The highest BCUT2D eigenvalue weighted by molar-refractivity contribution is 6.67. The molecule has 0 bridgehead atoms. The van der Waals surface area contributed by atoms with Crippen LogP contribution in [0.5, 0.6) is 0 Å². The van der Waals surface area contributed by atoms with E-state index in [1.807, 2.05) is 0 Å². The first-order valence-corrected chi connectivity index (χ1v) is 4.85. The minimum atomic E-state index is -0.960. The van der Waals surface area contributed by atoms with Gasteiger partial charge in [-0.1, -0.05) is 16.8 Å². The lowest BCUT2D eigenvalue weighted by Crippen LogP contribution is -2.49. The number of carbonyl (C=O) groups is 1. The van der Waals surface area contributed by atoms with Crippen molar-refractivity contribution in [2.45, 2.75) is 45.8 Å². The van der Waals surface area contributed by atoms with E-state index in [2.05, 4.69) is 10.5 Å². The Kier molecular flexibility index (Phi) is 4.40. The van der Waals surface area contributed by atoms with E-state index in [1.54, 1.807) is 34.6 Å². The minimum absolute atomic E-state index is 0.117. The highest BCUT2D eigenvalue weighted by atomic mass is 35.5. The predicted octanol–water partition coefficient (Wildman–Crippen LogP) is 2.32. The Hall–Kier alpha value is -0.970. The van der Waals surface area contributed by atoms with Gasteiger partial charge < -0.3 is 15.3 Å². The number of hydrogen-bond donors (Lipinski definition) is 2. The average molecular weight is 237 g/mol. The van der Waals surface area contributed by atoms with E-state index in [1.165, 1.54) is 0 Å². The van der Waals surface area contributed by atoms with Crippen LogP contribution >= 0.6 is 11.6 Å². The molecule has 15 heavy (non-hydrogen) atoms. The molecular formula is C9H17ClN2O3. The van der Waals surface area contributed by atoms with Crippen molar-refractivity contribution >= 4 is 22.9 Å². The second-order valence-electron chi connectivity index (χ2n) is 4.64. The van der Waals surface area contributed by atoms with E-state index in [0.717, 1.165) is 0 Å². The van der Waals surface area contributed by atoms with Gasteiger partial charge in [0.2, 0.25) is 0 Å². The van der Waals surface area contributed by atoms with Crippen LogP contribution in [0.4, 0.5) is 4.79 Å². The molecule has 0 aliphatic heterocycles. The molecule has 0 aliphatic carbocycles. The van der Waals surface area contributed by atoms with Gasteiger partial charge in [0.05, 0.1) is 5.54 Å². The zero-order valence-electron chi connectivity index (χ0n) is 9.59. The molecule has 0 radical (unpaired) electrons. The monoisotopic (exact) mass is 236 g/mol. The first-order chi connectivity index (χ1) is 6.58. The Morgan fingerprint density at radius 1 is 1.33 bits per heavy atom. The van der Waals surface area contributed by atoms with Crippen LogP contribution in [0.25, 0.3) is 0 Å². The van der Waals surface area contributed by atoms with Crippen molar-refractivity contribution in [3.8, 4) is 0 Å². The SMILES string of the molecule is CC(C)(C)OC(=O)NC(C)(C)C(Cl)=NO. The van der Waals surface area contributed by atoms with Crippen molar-refractivity contribution in [3.63, 3.8) is 0 Å². The van der Waals surface area contributed by atoms with Gasteiger partial charge in [0.1, 0.15) is 5.60 Å². The molecule has 0 aromatic rings. The van der Waals surface area contributed by atoms with Gasteiger partial charge in [-0.25, -0.2) is 4.79 Å². The Balaban J connectivity index is 4.42. The van der Waals surface area contributed by atoms with Crippen LogP contribution in [0.3, 0.4) is 0 Å². The van der Waals surface area contributed by atoms with E-state index < -0.39 is 17.2 Å². The number of carbonyl (C=O) groups excluding carboxylic acids is 1. The average Bonchev–Trinajstić information content (AvgIpc) is 1.97. The van der Waals surface area contributed by atoms with E-state index in [0.29, 0.717) is 0 Å². The standard InChI is InChI=1S/C9H17ClN2O3/c1-8(2,3)15-7(13)11-9(4,5)6(10)12-14/h14H,1-5H3,(H,11,13). The fourth-order valence-electron chi connectivity index (χ4n) is 0.735. The van der Waals surface area contributed by atoms with E-state index >= 15 is 0 Å². The fourth-order valence-corrected chi connectivity index (χ4v) is 0.783. The summed E-state index contributed by atoms with van der Waals surface area (Å²) in [6.07, 6.45) is -0.616. The van der Waals surface area contributed by atoms with Gasteiger partial charge in [-0.3, -0.25) is 0 Å². The molecule has 0 aromatic heterocycles. The summed E-state index contributed by atoms with van der Waals surface area (Å²) in [5.41, 5.74) is -1.54. The molecule has 0 unspecified atom stereocenters. The lowest BCUT2D eigenvalue weighted by molar-refractivity contribution is 0.0497. The first-order valence-electron chi connectivity index (χ1n) is 4.47. The maximum absolute atomic E-state index is 11.4. The van der Waals surface area contributed by atoms with Gasteiger partial charge >= 0.3 is 6.09 Å². The molecule has 0 spiro atoms. The number of amides is 1. The number of halogens is 1. The van der Waals surface area contributed by atoms with Crippen molar-refractivity contribution in [1.29, 1.82) is 0 Å². The molecule has 0 rings (SSSR count). The third kappa shape index (κ3) is 5.47. The first kappa shape index (κ1) is 14.0. The number of alkyl carbamates (subject to hydrolysis) is 1. The van der Waals surface area contributed by atoms with E-state index in [4.69, 9.17) is 21.5 Å². The molecule has 0 saturated carbocycles. The number of oxime groups is 1. The number of ether oxygens (including phenoxy) is 1. The Labute approximate surface area is 94.4 Å². The number of nitrogens with one attached hydrogen (secondary N) is 1. The molecule has 0 atom stereocenters. The highest BCUT2D eigenvalue weighted by Crippen LogP contribution is 2.12. The summed E-state index contributed by atoms with van der Waals surface area (Å²) in [7, 11) is 0. The molecule has 88 valence electrons.